The highest BCUT2D eigenvalue weighted by molar-refractivity contribution is 5.96. The van der Waals surface area contributed by atoms with Crippen molar-refractivity contribution in [1.82, 2.24) is 5.32 Å². The number of rotatable bonds is 7. The Labute approximate surface area is 170 Å². The third kappa shape index (κ3) is 6.48. The number of nitrogens with one attached hydrogen (secondary N) is 2. The van der Waals surface area contributed by atoms with Gasteiger partial charge in [-0.25, -0.2) is 4.79 Å². The summed E-state index contributed by atoms with van der Waals surface area (Å²) in [6.07, 6.45) is 1.37. The Bertz CT molecular complexity index is 833. The first-order chi connectivity index (χ1) is 13.6. The number of hydrogen-bond donors (Lipinski definition) is 2. The van der Waals surface area contributed by atoms with Crippen LogP contribution >= 0.6 is 0 Å². The first-order valence-electron chi connectivity index (χ1n) is 9.49. The van der Waals surface area contributed by atoms with Crippen molar-refractivity contribution in [2.24, 2.45) is 5.92 Å². The zero-order valence-electron chi connectivity index (χ0n) is 17.4. The molecule has 0 saturated carbocycles. The highest BCUT2D eigenvalue weighted by Crippen LogP contribution is 2.23. The topological polar surface area (TPSA) is 97.6 Å². The molecule has 2 aromatic rings. The van der Waals surface area contributed by atoms with E-state index in [4.69, 9.17) is 9.15 Å². The Kier molecular flexibility index (Phi) is 7.20. The lowest BCUT2D eigenvalue weighted by Gasteiger charge is -2.20. The van der Waals surface area contributed by atoms with Gasteiger partial charge in [-0.15, -0.1) is 0 Å². The molecule has 1 aromatic carbocycles. The zero-order chi connectivity index (χ0) is 21.6. The lowest BCUT2D eigenvalue weighted by molar-refractivity contribution is -0.150. The summed E-state index contributed by atoms with van der Waals surface area (Å²) in [6, 6.07) is 9.68. The van der Waals surface area contributed by atoms with Crippen LogP contribution in [0.3, 0.4) is 0 Å². The first kappa shape index (κ1) is 22.2. The van der Waals surface area contributed by atoms with Gasteiger partial charge in [-0.2, -0.15) is 0 Å². The molecule has 0 radical (unpaired) electrons. The lowest BCUT2D eigenvalue weighted by Crippen LogP contribution is -2.45. The fourth-order valence-corrected chi connectivity index (χ4v) is 2.59. The van der Waals surface area contributed by atoms with Crippen molar-refractivity contribution in [3.8, 4) is 0 Å². The van der Waals surface area contributed by atoms with Crippen molar-refractivity contribution in [2.75, 3.05) is 11.9 Å². The highest BCUT2D eigenvalue weighted by Gasteiger charge is 2.27. The summed E-state index contributed by atoms with van der Waals surface area (Å²) in [5.74, 6) is -1.79. The van der Waals surface area contributed by atoms with E-state index < -0.39 is 30.4 Å². The van der Waals surface area contributed by atoms with E-state index in [9.17, 15) is 14.4 Å². The van der Waals surface area contributed by atoms with Crippen molar-refractivity contribution in [2.45, 2.75) is 46.1 Å². The minimum Gasteiger partial charge on any atom is -0.459 e. The van der Waals surface area contributed by atoms with Gasteiger partial charge in [-0.05, 0) is 41.2 Å². The molecule has 0 aliphatic carbocycles. The Hall–Kier alpha value is -3.09. The van der Waals surface area contributed by atoms with Gasteiger partial charge in [0, 0.05) is 5.69 Å². The lowest BCUT2D eigenvalue weighted by atomic mass is 9.87. The third-order valence-electron chi connectivity index (χ3n) is 4.33. The molecule has 2 amide bonds. The van der Waals surface area contributed by atoms with E-state index in [0.717, 1.165) is 5.56 Å². The van der Waals surface area contributed by atoms with Crippen LogP contribution in [0.4, 0.5) is 5.69 Å². The minimum absolute atomic E-state index is 0.0179. The molecule has 2 N–H and O–H groups in total. The van der Waals surface area contributed by atoms with Gasteiger partial charge in [0.25, 0.3) is 11.8 Å². The minimum atomic E-state index is -0.897. The maximum atomic E-state index is 12.4. The fraction of sp³-hybridized carbons (Fsp3) is 0.409. The summed E-state index contributed by atoms with van der Waals surface area (Å²) in [5.41, 5.74) is 1.78. The molecule has 2 rings (SSSR count). The van der Waals surface area contributed by atoms with Crippen LogP contribution in [-0.4, -0.2) is 30.4 Å². The molecule has 29 heavy (non-hydrogen) atoms. The van der Waals surface area contributed by atoms with E-state index in [1.165, 1.54) is 12.3 Å². The number of esters is 1. The monoisotopic (exact) mass is 400 g/mol. The van der Waals surface area contributed by atoms with E-state index in [-0.39, 0.29) is 17.1 Å². The van der Waals surface area contributed by atoms with Crippen LogP contribution < -0.4 is 10.6 Å². The van der Waals surface area contributed by atoms with Gasteiger partial charge in [0.1, 0.15) is 6.04 Å². The first-order valence-corrected chi connectivity index (χ1v) is 9.49. The smallest absolute Gasteiger partial charge is 0.329 e. The van der Waals surface area contributed by atoms with Gasteiger partial charge in [0.05, 0.1) is 6.26 Å². The van der Waals surface area contributed by atoms with E-state index in [0.29, 0.717) is 5.69 Å². The zero-order valence-corrected chi connectivity index (χ0v) is 17.4. The highest BCUT2D eigenvalue weighted by atomic mass is 16.5. The SMILES string of the molecule is CC(C)[C@H](NC(=O)c1ccco1)C(=O)OCC(=O)Nc1ccc(C(C)(C)C)cc1. The van der Waals surface area contributed by atoms with E-state index in [1.54, 1.807) is 32.0 Å². The second kappa shape index (κ2) is 9.41. The van der Waals surface area contributed by atoms with Gasteiger partial charge in [-0.1, -0.05) is 46.8 Å². The van der Waals surface area contributed by atoms with Crippen LogP contribution in [0.25, 0.3) is 0 Å². The van der Waals surface area contributed by atoms with Gasteiger partial charge in [0.15, 0.2) is 12.4 Å². The number of furan rings is 1. The number of carbonyl (C=O) groups is 3. The molecule has 0 aliphatic rings. The van der Waals surface area contributed by atoms with Crippen molar-refractivity contribution in [1.29, 1.82) is 0 Å². The van der Waals surface area contributed by atoms with Crippen molar-refractivity contribution >= 4 is 23.5 Å². The van der Waals surface area contributed by atoms with Crippen molar-refractivity contribution in [3.63, 3.8) is 0 Å². The van der Waals surface area contributed by atoms with E-state index >= 15 is 0 Å². The normalized spacial score (nSPS) is 12.3. The Morgan fingerprint density at radius 3 is 2.24 bits per heavy atom. The molecular formula is C22H28N2O5. The molecule has 0 unspecified atom stereocenters. The summed E-state index contributed by atoms with van der Waals surface area (Å²) in [7, 11) is 0. The van der Waals surface area contributed by atoms with E-state index in [2.05, 4.69) is 31.4 Å². The maximum Gasteiger partial charge on any atom is 0.329 e. The van der Waals surface area contributed by atoms with Gasteiger partial charge in [0.2, 0.25) is 0 Å². The summed E-state index contributed by atoms with van der Waals surface area (Å²) in [5, 5.41) is 5.26. The van der Waals surface area contributed by atoms with Crippen LogP contribution in [0.15, 0.2) is 47.1 Å². The Morgan fingerprint density at radius 1 is 1.07 bits per heavy atom. The fourth-order valence-electron chi connectivity index (χ4n) is 2.59. The van der Waals surface area contributed by atoms with Crippen molar-refractivity contribution in [3.05, 3.63) is 54.0 Å². The molecule has 1 aromatic heterocycles. The second-order valence-electron chi connectivity index (χ2n) is 8.16. The number of ether oxygens (including phenoxy) is 1. The van der Waals surface area contributed by atoms with E-state index in [1.807, 2.05) is 12.1 Å². The van der Waals surface area contributed by atoms with Crippen LogP contribution in [-0.2, 0) is 19.7 Å². The molecule has 1 heterocycles. The third-order valence-corrected chi connectivity index (χ3v) is 4.33. The number of benzene rings is 1. The average Bonchev–Trinajstić information content (AvgIpc) is 3.18. The van der Waals surface area contributed by atoms with Gasteiger partial charge < -0.3 is 19.8 Å². The largest absolute Gasteiger partial charge is 0.459 e. The molecule has 0 saturated heterocycles. The summed E-state index contributed by atoms with van der Waals surface area (Å²) in [4.78, 5) is 36.6. The molecule has 0 aliphatic heterocycles. The molecule has 156 valence electrons. The predicted molar refractivity (Wildman–Crippen MR) is 110 cm³/mol. The van der Waals surface area contributed by atoms with Crippen LogP contribution in [0.2, 0.25) is 0 Å². The van der Waals surface area contributed by atoms with Gasteiger partial charge >= 0.3 is 5.97 Å². The summed E-state index contributed by atoms with van der Waals surface area (Å²) < 4.78 is 10.1. The standard InChI is InChI=1S/C22H28N2O5/c1-14(2)19(24-20(26)17-7-6-12-28-17)21(27)29-13-18(25)23-16-10-8-15(9-11-16)22(3,4)5/h6-12,14,19H,13H2,1-5H3,(H,23,25)(H,24,26)/t19-/m0/s1. The maximum absolute atomic E-state index is 12.4. The molecular weight excluding hydrogens is 372 g/mol. The number of carbonyl (C=O) groups excluding carboxylic acids is 3. The molecule has 0 fully saturated rings. The number of anilines is 1. The summed E-state index contributed by atoms with van der Waals surface area (Å²) >= 11 is 0. The van der Waals surface area contributed by atoms with Crippen LogP contribution in [0.5, 0.6) is 0 Å². The molecule has 0 bridgehead atoms. The molecule has 7 nitrogen and oxygen atoms in total. The molecule has 7 heteroatoms. The van der Waals surface area contributed by atoms with Crippen LogP contribution in [0, 0.1) is 5.92 Å². The molecule has 0 spiro atoms. The molecule has 1 atom stereocenters. The Morgan fingerprint density at radius 2 is 1.72 bits per heavy atom. The van der Waals surface area contributed by atoms with Crippen molar-refractivity contribution < 1.29 is 23.5 Å². The number of amides is 2. The number of hydrogen-bond acceptors (Lipinski definition) is 5. The predicted octanol–water partition coefficient (Wildman–Crippen LogP) is 3.51. The Balaban J connectivity index is 1.88. The van der Waals surface area contributed by atoms with Crippen LogP contribution in [0.1, 0.15) is 50.7 Å². The quantitative estimate of drug-likeness (QED) is 0.693. The van der Waals surface area contributed by atoms with Gasteiger partial charge in [-0.3, -0.25) is 9.59 Å². The summed E-state index contributed by atoms with van der Waals surface area (Å²) in [6.45, 7) is 9.41. The second-order valence-corrected chi connectivity index (χ2v) is 8.16. The average molecular weight is 400 g/mol.